The van der Waals surface area contributed by atoms with Crippen molar-refractivity contribution in [3.05, 3.63) is 39.7 Å². The zero-order valence-electron chi connectivity index (χ0n) is 16.3. The fourth-order valence-electron chi connectivity index (χ4n) is 3.62. The number of carbonyl (C=O) groups is 2. The summed E-state index contributed by atoms with van der Waals surface area (Å²) in [4.78, 5) is 27.6. The maximum absolute atomic E-state index is 12.7. The van der Waals surface area contributed by atoms with Crippen molar-refractivity contribution in [3.8, 4) is 11.1 Å². The Kier molecular flexibility index (Phi) is 7.10. The number of ether oxygens (including phenoxy) is 1. The van der Waals surface area contributed by atoms with E-state index in [1.165, 1.54) is 22.7 Å². The standard InChI is InChI=1S/C21H25ClN2O3S/c1-3-27-21(26)19-18(15-7-9-16(22)10-8-15)14(2)28-20(19)23-17(25)13-24-11-5-4-6-12-24/h7-10H,3-6,11-13H2,1-2H3,(H,23,25)/p+1. The monoisotopic (exact) mass is 421 g/mol. The van der Waals surface area contributed by atoms with Crippen molar-refractivity contribution >= 4 is 39.8 Å². The van der Waals surface area contributed by atoms with E-state index in [1.807, 2.05) is 19.1 Å². The fraction of sp³-hybridized carbons (Fsp3) is 0.429. The van der Waals surface area contributed by atoms with Gasteiger partial charge in [0.25, 0.3) is 5.91 Å². The molecular weight excluding hydrogens is 396 g/mol. The molecule has 3 rings (SSSR count). The molecule has 7 heteroatoms. The smallest absolute Gasteiger partial charge is 0.341 e. The second-order valence-electron chi connectivity index (χ2n) is 7.00. The lowest BCUT2D eigenvalue weighted by molar-refractivity contribution is -0.896. The summed E-state index contributed by atoms with van der Waals surface area (Å²) in [5.41, 5.74) is 2.10. The van der Waals surface area contributed by atoms with Crippen LogP contribution in [0.5, 0.6) is 0 Å². The summed E-state index contributed by atoms with van der Waals surface area (Å²) >= 11 is 7.42. The van der Waals surface area contributed by atoms with E-state index in [-0.39, 0.29) is 12.5 Å². The van der Waals surface area contributed by atoms with Gasteiger partial charge in [-0.1, -0.05) is 23.7 Å². The van der Waals surface area contributed by atoms with Crippen molar-refractivity contribution in [3.63, 3.8) is 0 Å². The normalized spacial score (nSPS) is 14.7. The molecule has 0 bridgehead atoms. The van der Waals surface area contributed by atoms with Crippen LogP contribution >= 0.6 is 22.9 Å². The van der Waals surface area contributed by atoms with E-state index in [9.17, 15) is 9.59 Å². The Hall–Kier alpha value is -1.89. The number of piperidine rings is 1. The first-order valence-corrected chi connectivity index (χ1v) is 10.9. The van der Waals surface area contributed by atoms with Crippen LogP contribution < -0.4 is 10.2 Å². The highest BCUT2D eigenvalue weighted by molar-refractivity contribution is 7.17. The number of rotatable bonds is 6. The van der Waals surface area contributed by atoms with Crippen LogP contribution in [0.15, 0.2) is 24.3 Å². The van der Waals surface area contributed by atoms with Crippen LogP contribution in [0.25, 0.3) is 11.1 Å². The molecule has 1 amide bonds. The van der Waals surface area contributed by atoms with Crippen molar-refractivity contribution < 1.29 is 19.2 Å². The second-order valence-corrected chi connectivity index (χ2v) is 8.66. The van der Waals surface area contributed by atoms with Gasteiger partial charge in [-0.15, -0.1) is 11.3 Å². The fourth-order valence-corrected chi connectivity index (χ4v) is 4.83. The van der Waals surface area contributed by atoms with Gasteiger partial charge < -0.3 is 15.0 Å². The largest absolute Gasteiger partial charge is 0.462 e. The van der Waals surface area contributed by atoms with Gasteiger partial charge in [0.15, 0.2) is 6.54 Å². The molecule has 1 aromatic heterocycles. The third kappa shape index (κ3) is 4.93. The number of nitrogens with one attached hydrogen (secondary N) is 2. The molecule has 5 nitrogen and oxygen atoms in total. The molecule has 0 aliphatic carbocycles. The average molecular weight is 422 g/mol. The van der Waals surface area contributed by atoms with Crippen molar-refractivity contribution in [2.75, 3.05) is 31.6 Å². The number of anilines is 1. The number of thiophene rings is 1. The third-order valence-corrected chi connectivity index (χ3v) is 6.19. The average Bonchev–Trinajstić information content (AvgIpc) is 2.99. The van der Waals surface area contributed by atoms with E-state index in [4.69, 9.17) is 16.3 Å². The second kappa shape index (κ2) is 9.54. The number of aryl methyl sites for hydroxylation is 1. The SMILES string of the molecule is CCOC(=O)c1c(NC(=O)C[NH+]2CCCCC2)sc(C)c1-c1ccc(Cl)cc1. The van der Waals surface area contributed by atoms with Crippen molar-refractivity contribution in [1.82, 2.24) is 0 Å². The summed E-state index contributed by atoms with van der Waals surface area (Å²) in [6.07, 6.45) is 3.57. The Morgan fingerprint density at radius 1 is 1.18 bits per heavy atom. The molecule has 0 unspecified atom stereocenters. The van der Waals surface area contributed by atoms with Crippen molar-refractivity contribution in [2.45, 2.75) is 33.1 Å². The molecule has 150 valence electrons. The molecule has 1 fully saturated rings. The highest BCUT2D eigenvalue weighted by Gasteiger charge is 2.26. The Morgan fingerprint density at radius 2 is 1.86 bits per heavy atom. The highest BCUT2D eigenvalue weighted by atomic mass is 35.5. The molecule has 1 aromatic carbocycles. The number of amides is 1. The highest BCUT2D eigenvalue weighted by Crippen LogP contribution is 2.40. The van der Waals surface area contributed by atoms with Gasteiger partial charge in [0.05, 0.1) is 19.7 Å². The lowest BCUT2D eigenvalue weighted by Gasteiger charge is -2.22. The molecule has 0 atom stereocenters. The molecule has 1 aliphatic rings. The number of hydrogen-bond donors (Lipinski definition) is 2. The first-order valence-electron chi connectivity index (χ1n) is 9.69. The van der Waals surface area contributed by atoms with E-state index in [1.54, 1.807) is 19.1 Å². The van der Waals surface area contributed by atoms with E-state index >= 15 is 0 Å². The van der Waals surface area contributed by atoms with Gasteiger partial charge in [0.1, 0.15) is 10.6 Å². The summed E-state index contributed by atoms with van der Waals surface area (Å²) in [5, 5.41) is 4.16. The number of carbonyl (C=O) groups excluding carboxylic acids is 2. The zero-order valence-corrected chi connectivity index (χ0v) is 17.8. The maximum Gasteiger partial charge on any atom is 0.341 e. The molecule has 2 aromatic rings. The van der Waals surface area contributed by atoms with Gasteiger partial charge in [0.2, 0.25) is 0 Å². The van der Waals surface area contributed by atoms with Crippen LogP contribution in [0.1, 0.15) is 41.4 Å². The van der Waals surface area contributed by atoms with E-state index in [0.717, 1.165) is 41.9 Å². The van der Waals surface area contributed by atoms with E-state index < -0.39 is 5.97 Å². The number of esters is 1. The van der Waals surface area contributed by atoms with E-state index in [2.05, 4.69) is 5.32 Å². The summed E-state index contributed by atoms with van der Waals surface area (Å²) in [5.74, 6) is -0.483. The van der Waals surface area contributed by atoms with Gasteiger partial charge in [-0.3, -0.25) is 4.79 Å². The third-order valence-electron chi connectivity index (χ3n) is 4.92. The number of likely N-dealkylation sites (tertiary alicyclic amines) is 1. The lowest BCUT2D eigenvalue weighted by atomic mass is 10.0. The van der Waals surface area contributed by atoms with E-state index in [0.29, 0.717) is 22.1 Å². The van der Waals surface area contributed by atoms with Crippen LogP contribution in [-0.4, -0.2) is 38.1 Å². The molecule has 0 spiro atoms. The maximum atomic E-state index is 12.7. The van der Waals surface area contributed by atoms with Gasteiger partial charge in [-0.2, -0.15) is 0 Å². The minimum atomic E-state index is -0.419. The predicted octanol–water partition coefficient (Wildman–Crippen LogP) is 3.56. The topological polar surface area (TPSA) is 59.8 Å². The Labute approximate surface area is 174 Å². The van der Waals surface area contributed by atoms with Crippen LogP contribution in [0, 0.1) is 6.92 Å². The summed E-state index contributed by atoms with van der Waals surface area (Å²) in [7, 11) is 0. The Bertz CT molecular complexity index is 842. The van der Waals surface area contributed by atoms with Crippen LogP contribution in [0.4, 0.5) is 5.00 Å². The molecular formula is C21H26ClN2O3S+. The molecule has 0 saturated carbocycles. The number of halogens is 1. The molecule has 1 saturated heterocycles. The minimum Gasteiger partial charge on any atom is -0.462 e. The summed E-state index contributed by atoms with van der Waals surface area (Å²) < 4.78 is 5.28. The molecule has 2 heterocycles. The molecule has 0 radical (unpaired) electrons. The first kappa shape index (κ1) is 20.8. The van der Waals surface area contributed by atoms with Crippen LogP contribution in [-0.2, 0) is 9.53 Å². The quantitative estimate of drug-likeness (QED) is 0.701. The minimum absolute atomic E-state index is 0.0636. The number of benzene rings is 1. The van der Waals surface area contributed by atoms with Crippen molar-refractivity contribution in [2.24, 2.45) is 0 Å². The van der Waals surface area contributed by atoms with Gasteiger partial charge >= 0.3 is 5.97 Å². The summed E-state index contributed by atoms with van der Waals surface area (Å²) in [6.45, 7) is 6.48. The van der Waals surface area contributed by atoms with Crippen molar-refractivity contribution in [1.29, 1.82) is 0 Å². The summed E-state index contributed by atoms with van der Waals surface area (Å²) in [6, 6.07) is 7.34. The van der Waals surface area contributed by atoms with Gasteiger partial charge in [0, 0.05) is 15.5 Å². The predicted molar refractivity (Wildman–Crippen MR) is 114 cm³/mol. The Morgan fingerprint density at radius 3 is 2.50 bits per heavy atom. The first-order chi connectivity index (χ1) is 13.5. The lowest BCUT2D eigenvalue weighted by Crippen LogP contribution is -3.13. The number of quaternary nitrogens is 1. The molecule has 2 N–H and O–H groups in total. The van der Waals surface area contributed by atoms with Gasteiger partial charge in [-0.05, 0) is 50.8 Å². The number of hydrogen-bond acceptors (Lipinski definition) is 4. The molecule has 1 aliphatic heterocycles. The zero-order chi connectivity index (χ0) is 20.1. The Balaban J connectivity index is 1.89. The van der Waals surface area contributed by atoms with Crippen LogP contribution in [0.3, 0.4) is 0 Å². The molecule has 28 heavy (non-hydrogen) atoms. The van der Waals surface area contributed by atoms with Crippen LogP contribution in [0.2, 0.25) is 5.02 Å². The van der Waals surface area contributed by atoms with Gasteiger partial charge in [-0.25, -0.2) is 4.79 Å².